The van der Waals surface area contributed by atoms with Gasteiger partial charge in [-0.3, -0.25) is 4.79 Å². The summed E-state index contributed by atoms with van der Waals surface area (Å²) < 4.78 is 1.86. The number of rotatable bonds is 5. The molecule has 1 aliphatic rings. The minimum absolute atomic E-state index is 0.0290. The molecule has 1 aromatic carbocycles. The van der Waals surface area contributed by atoms with Crippen LogP contribution >= 0.6 is 11.6 Å². The minimum Gasteiger partial charge on any atom is -0.352 e. The summed E-state index contributed by atoms with van der Waals surface area (Å²) in [5.74, 6) is 0.0290. The molecule has 25 heavy (non-hydrogen) atoms. The number of nitrogens with one attached hydrogen (secondary N) is 2. The average Bonchev–Trinajstić information content (AvgIpc) is 2.90. The van der Waals surface area contributed by atoms with Crippen LogP contribution in [0.25, 0.3) is 5.69 Å². The molecule has 0 spiro atoms. The zero-order valence-corrected chi connectivity index (χ0v) is 15.4. The van der Waals surface area contributed by atoms with E-state index in [1.165, 1.54) is 5.57 Å². The Morgan fingerprint density at radius 2 is 2.08 bits per heavy atom. The predicted octanol–water partition coefficient (Wildman–Crippen LogP) is 2.72. The van der Waals surface area contributed by atoms with Crippen molar-refractivity contribution in [3.05, 3.63) is 57.9 Å². The summed E-state index contributed by atoms with van der Waals surface area (Å²) in [6.07, 6.45) is 3.49. The van der Waals surface area contributed by atoms with Gasteiger partial charge in [0.15, 0.2) is 0 Å². The van der Waals surface area contributed by atoms with Gasteiger partial charge in [-0.05, 0) is 51.1 Å². The summed E-state index contributed by atoms with van der Waals surface area (Å²) in [7, 11) is 0. The highest BCUT2D eigenvalue weighted by Gasteiger charge is 2.16. The van der Waals surface area contributed by atoms with Gasteiger partial charge in [0.2, 0.25) is 5.91 Å². The van der Waals surface area contributed by atoms with Crippen molar-refractivity contribution < 1.29 is 4.79 Å². The van der Waals surface area contributed by atoms with Crippen molar-refractivity contribution in [2.45, 2.75) is 26.7 Å². The van der Waals surface area contributed by atoms with Gasteiger partial charge in [0.05, 0.1) is 17.8 Å². The molecule has 2 N–H and O–H groups in total. The van der Waals surface area contributed by atoms with Gasteiger partial charge in [-0.2, -0.15) is 5.10 Å². The van der Waals surface area contributed by atoms with Gasteiger partial charge < -0.3 is 10.6 Å². The molecule has 1 aromatic heterocycles. The Kier molecular flexibility index (Phi) is 5.56. The molecule has 0 unspecified atom stereocenters. The van der Waals surface area contributed by atoms with E-state index in [0.717, 1.165) is 42.1 Å². The highest BCUT2D eigenvalue weighted by atomic mass is 35.5. The van der Waals surface area contributed by atoms with Crippen LogP contribution in [0.5, 0.6) is 0 Å². The fourth-order valence-electron chi connectivity index (χ4n) is 3.03. The topological polar surface area (TPSA) is 59.0 Å². The molecule has 1 amide bonds. The van der Waals surface area contributed by atoms with E-state index >= 15 is 0 Å². The van der Waals surface area contributed by atoms with Gasteiger partial charge in [-0.1, -0.05) is 23.3 Å². The zero-order chi connectivity index (χ0) is 17.8. The number of nitrogens with zero attached hydrogens (tertiary/aromatic N) is 2. The maximum absolute atomic E-state index is 12.3. The van der Waals surface area contributed by atoms with E-state index in [4.69, 9.17) is 11.6 Å². The van der Waals surface area contributed by atoms with Crippen molar-refractivity contribution in [1.29, 1.82) is 0 Å². The lowest BCUT2D eigenvalue weighted by atomic mass is 10.1. The highest BCUT2D eigenvalue weighted by Crippen LogP contribution is 2.20. The SMILES string of the molecule is Cc1nn(-c2ccc(Cl)cc2)c(C)c1CC(=O)NCC1=CCNCC1. The number of carbonyl (C=O) groups excluding carboxylic acids is 1. The van der Waals surface area contributed by atoms with Crippen LogP contribution in [0.2, 0.25) is 5.02 Å². The van der Waals surface area contributed by atoms with Crippen LogP contribution in [0.3, 0.4) is 0 Å². The standard InChI is InChI=1S/C19H23ClN4O/c1-13-18(11-19(25)22-12-15-7-9-21-10-8-15)14(2)24(23-13)17-5-3-16(20)4-6-17/h3-7,21H,8-12H2,1-2H3,(H,22,25). The van der Waals surface area contributed by atoms with E-state index in [9.17, 15) is 4.79 Å². The first-order valence-corrected chi connectivity index (χ1v) is 8.89. The van der Waals surface area contributed by atoms with E-state index < -0.39 is 0 Å². The van der Waals surface area contributed by atoms with Crippen molar-refractivity contribution in [2.75, 3.05) is 19.6 Å². The Morgan fingerprint density at radius 1 is 1.32 bits per heavy atom. The maximum Gasteiger partial charge on any atom is 0.224 e. The van der Waals surface area contributed by atoms with Gasteiger partial charge in [-0.15, -0.1) is 0 Å². The van der Waals surface area contributed by atoms with Crippen LogP contribution in [0.4, 0.5) is 0 Å². The van der Waals surface area contributed by atoms with Crippen LogP contribution in [-0.2, 0) is 11.2 Å². The molecular formula is C19H23ClN4O. The molecule has 6 heteroatoms. The number of hydrogen-bond donors (Lipinski definition) is 2. The van der Waals surface area contributed by atoms with Gasteiger partial charge in [0.1, 0.15) is 0 Å². The van der Waals surface area contributed by atoms with Gasteiger partial charge >= 0.3 is 0 Å². The Labute approximate surface area is 153 Å². The van der Waals surface area contributed by atoms with E-state index in [-0.39, 0.29) is 5.91 Å². The molecule has 1 aliphatic heterocycles. The number of benzene rings is 1. The summed E-state index contributed by atoms with van der Waals surface area (Å²) in [4.78, 5) is 12.3. The molecule has 0 radical (unpaired) electrons. The first-order chi connectivity index (χ1) is 12.0. The molecule has 0 bridgehead atoms. The summed E-state index contributed by atoms with van der Waals surface area (Å²) in [5.41, 5.74) is 5.07. The fourth-order valence-corrected chi connectivity index (χ4v) is 3.16. The normalized spacial score (nSPS) is 14.3. The number of hydrogen-bond acceptors (Lipinski definition) is 3. The third kappa shape index (κ3) is 4.30. The second kappa shape index (κ2) is 7.85. The Hall–Kier alpha value is -2.11. The molecule has 2 aromatic rings. The van der Waals surface area contributed by atoms with Crippen LogP contribution < -0.4 is 10.6 Å². The summed E-state index contributed by atoms with van der Waals surface area (Å²) in [6.45, 7) is 6.43. The first-order valence-electron chi connectivity index (χ1n) is 8.51. The van der Waals surface area contributed by atoms with E-state index in [0.29, 0.717) is 18.0 Å². The lowest BCUT2D eigenvalue weighted by molar-refractivity contribution is -0.120. The number of amides is 1. The smallest absolute Gasteiger partial charge is 0.224 e. The fraction of sp³-hybridized carbons (Fsp3) is 0.368. The number of halogens is 1. The Morgan fingerprint density at radius 3 is 2.76 bits per heavy atom. The lowest BCUT2D eigenvalue weighted by Gasteiger charge is -2.14. The summed E-state index contributed by atoms with van der Waals surface area (Å²) in [6, 6.07) is 7.53. The van der Waals surface area contributed by atoms with Crippen LogP contribution in [-0.4, -0.2) is 35.3 Å². The number of aryl methyl sites for hydroxylation is 1. The summed E-state index contributed by atoms with van der Waals surface area (Å²) in [5, 5.41) is 11.6. The Balaban J connectivity index is 1.69. The van der Waals surface area contributed by atoms with Crippen molar-refractivity contribution >= 4 is 17.5 Å². The molecule has 132 valence electrons. The van der Waals surface area contributed by atoms with Crippen molar-refractivity contribution in [1.82, 2.24) is 20.4 Å². The summed E-state index contributed by atoms with van der Waals surface area (Å²) >= 11 is 5.95. The van der Waals surface area contributed by atoms with Crippen LogP contribution in [0.1, 0.15) is 23.4 Å². The number of carbonyl (C=O) groups is 1. The van der Waals surface area contributed by atoms with E-state index in [1.54, 1.807) is 0 Å². The van der Waals surface area contributed by atoms with Crippen molar-refractivity contribution in [3.63, 3.8) is 0 Å². The van der Waals surface area contributed by atoms with E-state index in [1.807, 2.05) is 42.8 Å². The van der Waals surface area contributed by atoms with Gasteiger partial charge in [0, 0.05) is 29.4 Å². The first kappa shape index (κ1) is 17.7. The van der Waals surface area contributed by atoms with Crippen LogP contribution in [0, 0.1) is 13.8 Å². The van der Waals surface area contributed by atoms with Crippen molar-refractivity contribution in [2.24, 2.45) is 0 Å². The Bertz CT molecular complexity index is 793. The molecule has 0 saturated carbocycles. The molecule has 0 fully saturated rings. The molecule has 5 nitrogen and oxygen atoms in total. The molecule has 0 atom stereocenters. The monoisotopic (exact) mass is 358 g/mol. The molecule has 2 heterocycles. The second-order valence-electron chi connectivity index (χ2n) is 6.31. The molecule has 3 rings (SSSR count). The number of aromatic nitrogens is 2. The van der Waals surface area contributed by atoms with Crippen molar-refractivity contribution in [3.8, 4) is 5.69 Å². The maximum atomic E-state index is 12.3. The predicted molar refractivity (Wildman–Crippen MR) is 100 cm³/mol. The molecule has 0 aliphatic carbocycles. The minimum atomic E-state index is 0.0290. The zero-order valence-electron chi connectivity index (χ0n) is 14.6. The van der Waals surface area contributed by atoms with E-state index in [2.05, 4.69) is 21.8 Å². The van der Waals surface area contributed by atoms with Crippen LogP contribution in [0.15, 0.2) is 35.9 Å². The quantitative estimate of drug-likeness (QED) is 0.808. The molecular weight excluding hydrogens is 336 g/mol. The molecule has 0 saturated heterocycles. The van der Waals surface area contributed by atoms with Gasteiger partial charge in [-0.25, -0.2) is 4.68 Å². The average molecular weight is 359 g/mol. The third-order valence-electron chi connectivity index (χ3n) is 4.52. The largest absolute Gasteiger partial charge is 0.352 e. The highest BCUT2D eigenvalue weighted by molar-refractivity contribution is 6.30. The van der Waals surface area contributed by atoms with Gasteiger partial charge in [0.25, 0.3) is 0 Å². The third-order valence-corrected chi connectivity index (χ3v) is 4.77. The lowest BCUT2D eigenvalue weighted by Crippen LogP contribution is -2.30. The second-order valence-corrected chi connectivity index (χ2v) is 6.74.